The third-order valence-corrected chi connectivity index (χ3v) is 4.17. The molecule has 0 aliphatic carbocycles. The summed E-state index contributed by atoms with van der Waals surface area (Å²) in [5.74, 6) is 1.30. The van der Waals surface area contributed by atoms with Crippen LogP contribution in [0.15, 0.2) is 48.5 Å². The van der Waals surface area contributed by atoms with Crippen LogP contribution in [0.1, 0.15) is 21.5 Å². The average molecular weight is 303 g/mol. The van der Waals surface area contributed by atoms with Gasteiger partial charge in [0.2, 0.25) is 0 Å². The summed E-state index contributed by atoms with van der Waals surface area (Å²) < 4.78 is 12.8. The van der Waals surface area contributed by atoms with E-state index in [1.54, 1.807) is 11.8 Å². The molecule has 0 heterocycles. The second-order valence-electron chi connectivity index (χ2n) is 4.74. The largest absolute Gasteiger partial charge is 0.351 e. The maximum absolute atomic E-state index is 12.8. The van der Waals surface area contributed by atoms with E-state index in [0.717, 1.165) is 11.5 Å². The maximum atomic E-state index is 12.8. The number of thioether (sulfide) groups is 1. The molecule has 0 fully saturated rings. The maximum Gasteiger partial charge on any atom is 0.251 e. The Hall–Kier alpha value is -1.81. The van der Waals surface area contributed by atoms with Crippen molar-refractivity contribution in [1.82, 2.24) is 5.32 Å². The molecule has 1 amide bonds. The fourth-order valence-corrected chi connectivity index (χ4v) is 2.83. The van der Waals surface area contributed by atoms with Crippen molar-refractivity contribution in [2.75, 3.05) is 12.3 Å². The summed E-state index contributed by atoms with van der Waals surface area (Å²) in [6, 6.07) is 13.9. The van der Waals surface area contributed by atoms with Crippen LogP contribution in [0.25, 0.3) is 0 Å². The van der Waals surface area contributed by atoms with Crippen molar-refractivity contribution in [3.05, 3.63) is 71.0 Å². The molecule has 2 rings (SSSR count). The summed E-state index contributed by atoms with van der Waals surface area (Å²) in [6.07, 6.45) is 0. The lowest BCUT2D eigenvalue weighted by Gasteiger charge is -2.07. The minimum atomic E-state index is -0.333. The average Bonchev–Trinajstić information content (AvgIpc) is 2.49. The number of halogens is 1. The lowest BCUT2D eigenvalue weighted by atomic mass is 10.1. The highest BCUT2D eigenvalue weighted by molar-refractivity contribution is 7.98. The van der Waals surface area contributed by atoms with Crippen LogP contribution in [0.5, 0.6) is 0 Å². The van der Waals surface area contributed by atoms with Gasteiger partial charge in [0, 0.05) is 23.6 Å². The van der Waals surface area contributed by atoms with Crippen molar-refractivity contribution in [3.8, 4) is 0 Å². The van der Waals surface area contributed by atoms with E-state index in [9.17, 15) is 9.18 Å². The highest BCUT2D eigenvalue weighted by Gasteiger charge is 2.04. The van der Waals surface area contributed by atoms with Crippen LogP contribution in [0.2, 0.25) is 0 Å². The van der Waals surface area contributed by atoms with Gasteiger partial charge in [-0.05, 0) is 42.3 Å². The number of rotatable bonds is 6. The van der Waals surface area contributed by atoms with Gasteiger partial charge in [0.05, 0.1) is 0 Å². The number of carbonyl (C=O) groups excluding carboxylic acids is 1. The Morgan fingerprint density at radius 3 is 2.57 bits per heavy atom. The molecule has 2 aromatic rings. The first-order chi connectivity index (χ1) is 10.2. The van der Waals surface area contributed by atoms with Crippen molar-refractivity contribution in [2.45, 2.75) is 12.7 Å². The van der Waals surface area contributed by atoms with Crippen LogP contribution in [0.3, 0.4) is 0 Å². The van der Waals surface area contributed by atoms with Gasteiger partial charge in [0.1, 0.15) is 5.82 Å². The van der Waals surface area contributed by atoms with E-state index in [-0.39, 0.29) is 11.7 Å². The molecule has 0 bridgehead atoms. The first kappa shape index (κ1) is 15.6. The number of amides is 1. The first-order valence-corrected chi connectivity index (χ1v) is 7.98. The van der Waals surface area contributed by atoms with Gasteiger partial charge < -0.3 is 5.32 Å². The zero-order chi connectivity index (χ0) is 15.1. The Labute approximate surface area is 128 Å². The molecule has 0 saturated carbocycles. The van der Waals surface area contributed by atoms with Crippen molar-refractivity contribution in [1.29, 1.82) is 0 Å². The van der Waals surface area contributed by atoms with Gasteiger partial charge in [-0.2, -0.15) is 11.8 Å². The van der Waals surface area contributed by atoms with Gasteiger partial charge in [0.25, 0.3) is 5.91 Å². The zero-order valence-electron chi connectivity index (χ0n) is 11.9. The SMILES string of the molecule is Cc1ccccc1CSCCNC(=O)c1ccc(F)cc1. The van der Waals surface area contributed by atoms with E-state index in [4.69, 9.17) is 0 Å². The predicted molar refractivity (Wildman–Crippen MR) is 86.1 cm³/mol. The number of carbonyl (C=O) groups is 1. The first-order valence-electron chi connectivity index (χ1n) is 6.83. The fourth-order valence-electron chi connectivity index (χ4n) is 1.89. The molecular weight excluding hydrogens is 285 g/mol. The topological polar surface area (TPSA) is 29.1 Å². The number of hydrogen-bond acceptors (Lipinski definition) is 2. The van der Waals surface area contributed by atoms with Gasteiger partial charge in [-0.1, -0.05) is 24.3 Å². The van der Waals surface area contributed by atoms with E-state index < -0.39 is 0 Å². The Morgan fingerprint density at radius 1 is 1.14 bits per heavy atom. The van der Waals surface area contributed by atoms with E-state index in [1.807, 2.05) is 12.1 Å². The summed E-state index contributed by atoms with van der Waals surface area (Å²) in [5.41, 5.74) is 3.10. The fraction of sp³-hybridized carbons (Fsp3) is 0.235. The minimum absolute atomic E-state index is 0.161. The summed E-state index contributed by atoms with van der Waals surface area (Å²) in [4.78, 5) is 11.8. The second kappa shape index (κ2) is 7.84. The molecule has 2 nitrogen and oxygen atoms in total. The Morgan fingerprint density at radius 2 is 1.86 bits per heavy atom. The number of hydrogen-bond donors (Lipinski definition) is 1. The summed E-state index contributed by atoms with van der Waals surface area (Å²) >= 11 is 1.79. The Balaban J connectivity index is 1.69. The van der Waals surface area contributed by atoms with Crippen molar-refractivity contribution < 1.29 is 9.18 Å². The molecule has 0 radical (unpaired) electrons. The van der Waals surface area contributed by atoms with E-state index in [1.165, 1.54) is 35.4 Å². The minimum Gasteiger partial charge on any atom is -0.351 e. The van der Waals surface area contributed by atoms with Crippen molar-refractivity contribution >= 4 is 17.7 Å². The van der Waals surface area contributed by atoms with Gasteiger partial charge >= 0.3 is 0 Å². The van der Waals surface area contributed by atoms with Gasteiger partial charge in [-0.15, -0.1) is 0 Å². The molecule has 0 spiro atoms. The van der Waals surface area contributed by atoms with Gasteiger partial charge in [-0.25, -0.2) is 4.39 Å². The van der Waals surface area contributed by atoms with E-state index >= 15 is 0 Å². The number of aryl methyl sites for hydroxylation is 1. The molecule has 0 saturated heterocycles. The standard InChI is InChI=1S/C17H18FNOS/c1-13-4-2-3-5-15(13)12-21-11-10-19-17(20)14-6-8-16(18)9-7-14/h2-9H,10-12H2,1H3,(H,19,20). The Kier molecular flexibility index (Phi) is 5.81. The van der Waals surface area contributed by atoms with E-state index in [0.29, 0.717) is 12.1 Å². The van der Waals surface area contributed by atoms with Crippen LogP contribution in [-0.4, -0.2) is 18.2 Å². The molecule has 0 unspecified atom stereocenters. The normalized spacial score (nSPS) is 10.4. The Bertz CT molecular complexity index is 598. The molecule has 1 N–H and O–H groups in total. The molecule has 0 aliphatic heterocycles. The summed E-state index contributed by atoms with van der Waals surface area (Å²) in [6.45, 7) is 2.71. The third-order valence-electron chi connectivity index (χ3n) is 3.16. The number of benzene rings is 2. The second-order valence-corrected chi connectivity index (χ2v) is 5.85. The molecule has 110 valence electrons. The van der Waals surface area contributed by atoms with Gasteiger partial charge in [0.15, 0.2) is 0 Å². The highest BCUT2D eigenvalue weighted by Crippen LogP contribution is 2.15. The zero-order valence-corrected chi connectivity index (χ0v) is 12.8. The molecule has 0 atom stereocenters. The number of nitrogens with one attached hydrogen (secondary N) is 1. The van der Waals surface area contributed by atoms with Crippen LogP contribution in [-0.2, 0) is 5.75 Å². The smallest absolute Gasteiger partial charge is 0.251 e. The molecular formula is C17H18FNOS. The molecule has 0 aromatic heterocycles. The highest BCUT2D eigenvalue weighted by atomic mass is 32.2. The molecule has 4 heteroatoms. The summed E-state index contributed by atoms with van der Waals surface area (Å²) in [7, 11) is 0. The van der Waals surface area contributed by atoms with E-state index in [2.05, 4.69) is 24.4 Å². The lowest BCUT2D eigenvalue weighted by molar-refractivity contribution is 0.0956. The third kappa shape index (κ3) is 4.90. The quantitative estimate of drug-likeness (QED) is 0.823. The lowest BCUT2D eigenvalue weighted by Crippen LogP contribution is -2.25. The molecule has 0 aliphatic rings. The van der Waals surface area contributed by atoms with Crippen molar-refractivity contribution in [2.24, 2.45) is 0 Å². The van der Waals surface area contributed by atoms with Gasteiger partial charge in [-0.3, -0.25) is 4.79 Å². The predicted octanol–water partition coefficient (Wildman–Crippen LogP) is 3.80. The van der Waals surface area contributed by atoms with Crippen LogP contribution in [0, 0.1) is 12.7 Å². The molecule has 21 heavy (non-hydrogen) atoms. The summed E-state index contributed by atoms with van der Waals surface area (Å²) in [5, 5.41) is 2.84. The van der Waals surface area contributed by atoms with Crippen LogP contribution >= 0.6 is 11.8 Å². The van der Waals surface area contributed by atoms with Crippen LogP contribution < -0.4 is 5.32 Å². The monoisotopic (exact) mass is 303 g/mol. The van der Waals surface area contributed by atoms with Crippen molar-refractivity contribution in [3.63, 3.8) is 0 Å². The molecule has 2 aromatic carbocycles. The van der Waals surface area contributed by atoms with Crippen LogP contribution in [0.4, 0.5) is 4.39 Å².